The number of halogens is 5. The molecule has 0 aliphatic rings. The highest BCUT2D eigenvalue weighted by molar-refractivity contribution is 14.1. The molecule has 0 aliphatic carbocycles. The molecule has 0 N–H and O–H groups in total. The van der Waals surface area contributed by atoms with Gasteiger partial charge in [0, 0.05) is 15.6 Å². The van der Waals surface area contributed by atoms with Crippen molar-refractivity contribution >= 4 is 44.3 Å². The van der Waals surface area contributed by atoms with Gasteiger partial charge in [-0.2, -0.15) is 0 Å². The highest BCUT2D eigenvalue weighted by Crippen LogP contribution is 2.29. The SMILES string of the molecule is O=C(CBr)Cc1c(I)cccc1OC(F)(F)F. The second-order valence-electron chi connectivity index (χ2n) is 3.11. The fourth-order valence-electron chi connectivity index (χ4n) is 1.18. The topological polar surface area (TPSA) is 26.3 Å². The minimum atomic E-state index is -4.75. The van der Waals surface area contributed by atoms with E-state index in [9.17, 15) is 18.0 Å². The van der Waals surface area contributed by atoms with Crippen LogP contribution in [0.2, 0.25) is 0 Å². The standard InChI is InChI=1S/C10H7BrF3IO2/c11-5-6(16)4-7-8(15)2-1-3-9(7)17-10(12,13)14/h1-3H,4-5H2. The Kier molecular flexibility index (Phi) is 5.23. The highest BCUT2D eigenvalue weighted by Gasteiger charge is 2.32. The predicted octanol–water partition coefficient (Wildman–Crippen LogP) is 3.70. The van der Waals surface area contributed by atoms with Crippen LogP contribution in [-0.2, 0) is 11.2 Å². The maximum atomic E-state index is 12.2. The molecule has 0 aromatic heterocycles. The first-order valence-electron chi connectivity index (χ1n) is 4.44. The van der Waals surface area contributed by atoms with Crippen molar-refractivity contribution in [1.29, 1.82) is 0 Å². The van der Waals surface area contributed by atoms with Crippen molar-refractivity contribution in [1.82, 2.24) is 0 Å². The lowest BCUT2D eigenvalue weighted by molar-refractivity contribution is -0.274. The zero-order valence-corrected chi connectivity index (χ0v) is 12.1. The summed E-state index contributed by atoms with van der Waals surface area (Å²) < 4.78 is 40.9. The molecule has 7 heteroatoms. The first kappa shape index (κ1) is 14.7. The molecule has 0 saturated carbocycles. The zero-order chi connectivity index (χ0) is 13.1. The van der Waals surface area contributed by atoms with E-state index in [0.29, 0.717) is 3.57 Å². The van der Waals surface area contributed by atoms with Gasteiger partial charge in [-0.15, -0.1) is 13.2 Å². The predicted molar refractivity (Wildman–Crippen MR) is 68.3 cm³/mol. The summed E-state index contributed by atoms with van der Waals surface area (Å²) in [4.78, 5) is 11.3. The Morgan fingerprint density at radius 2 is 2.06 bits per heavy atom. The maximum Gasteiger partial charge on any atom is 0.573 e. The molecule has 0 amide bonds. The largest absolute Gasteiger partial charge is 0.573 e. The Labute approximate surface area is 118 Å². The molecule has 1 rings (SSSR count). The van der Waals surface area contributed by atoms with Gasteiger partial charge in [-0.05, 0) is 34.7 Å². The van der Waals surface area contributed by atoms with E-state index in [4.69, 9.17) is 0 Å². The van der Waals surface area contributed by atoms with Crippen molar-refractivity contribution in [2.45, 2.75) is 12.8 Å². The molecule has 2 nitrogen and oxygen atoms in total. The molecule has 1 aromatic carbocycles. The van der Waals surface area contributed by atoms with E-state index >= 15 is 0 Å². The van der Waals surface area contributed by atoms with E-state index in [1.165, 1.54) is 12.1 Å². The van der Waals surface area contributed by atoms with Crippen LogP contribution in [0.3, 0.4) is 0 Å². The summed E-state index contributed by atoms with van der Waals surface area (Å²) in [5.74, 6) is -0.528. The van der Waals surface area contributed by atoms with Crippen LogP contribution in [0.4, 0.5) is 13.2 Å². The van der Waals surface area contributed by atoms with E-state index in [2.05, 4.69) is 20.7 Å². The lowest BCUT2D eigenvalue weighted by Gasteiger charge is -2.13. The third kappa shape index (κ3) is 4.82. The number of carbonyl (C=O) groups excluding carboxylic acids is 1. The van der Waals surface area contributed by atoms with E-state index in [0.717, 1.165) is 0 Å². The van der Waals surface area contributed by atoms with Gasteiger partial charge in [0.05, 0.1) is 5.33 Å². The highest BCUT2D eigenvalue weighted by atomic mass is 127. The van der Waals surface area contributed by atoms with Crippen molar-refractivity contribution in [2.24, 2.45) is 0 Å². The molecule has 0 unspecified atom stereocenters. The number of hydrogen-bond donors (Lipinski definition) is 0. The van der Waals surface area contributed by atoms with Crippen LogP contribution in [0.15, 0.2) is 18.2 Å². The number of carbonyl (C=O) groups is 1. The van der Waals surface area contributed by atoms with Crippen LogP contribution < -0.4 is 4.74 Å². The van der Waals surface area contributed by atoms with Gasteiger partial charge in [0.15, 0.2) is 0 Å². The van der Waals surface area contributed by atoms with E-state index in [-0.39, 0.29) is 28.8 Å². The number of rotatable bonds is 4. The number of Topliss-reactive ketones (excluding diaryl/α,β-unsaturated/α-hetero) is 1. The monoisotopic (exact) mass is 422 g/mol. The molecule has 0 fully saturated rings. The number of alkyl halides is 4. The van der Waals surface area contributed by atoms with Gasteiger partial charge in [-0.1, -0.05) is 22.0 Å². The molecule has 0 atom stereocenters. The average molecular weight is 423 g/mol. The molecule has 0 saturated heterocycles. The molecular weight excluding hydrogens is 416 g/mol. The first-order chi connectivity index (χ1) is 7.83. The Morgan fingerprint density at radius 3 is 2.59 bits per heavy atom. The second-order valence-corrected chi connectivity index (χ2v) is 4.84. The molecule has 94 valence electrons. The van der Waals surface area contributed by atoms with Crippen LogP contribution in [0.5, 0.6) is 5.75 Å². The molecule has 0 spiro atoms. The average Bonchev–Trinajstić information content (AvgIpc) is 2.20. The van der Waals surface area contributed by atoms with Crippen molar-refractivity contribution in [3.8, 4) is 5.75 Å². The molecule has 0 aliphatic heterocycles. The van der Waals surface area contributed by atoms with Gasteiger partial charge in [0.25, 0.3) is 0 Å². The molecular formula is C10H7BrF3IO2. The fraction of sp³-hybridized carbons (Fsp3) is 0.300. The number of hydrogen-bond acceptors (Lipinski definition) is 2. The summed E-state index contributed by atoms with van der Waals surface area (Å²) in [7, 11) is 0. The Hall–Kier alpha value is -0.310. The lowest BCUT2D eigenvalue weighted by Crippen LogP contribution is -2.19. The number of ketones is 1. The fourth-order valence-corrected chi connectivity index (χ4v) is 2.04. The Morgan fingerprint density at radius 1 is 1.41 bits per heavy atom. The summed E-state index contributed by atoms with van der Waals surface area (Å²) in [6, 6.07) is 4.28. The summed E-state index contributed by atoms with van der Waals surface area (Å²) in [6.45, 7) is 0. The smallest absolute Gasteiger partial charge is 0.405 e. The summed E-state index contributed by atoms with van der Waals surface area (Å²) in [5, 5.41) is 0.101. The third-order valence-corrected chi connectivity index (χ3v) is 3.46. The van der Waals surface area contributed by atoms with Crippen molar-refractivity contribution in [2.75, 3.05) is 5.33 Å². The van der Waals surface area contributed by atoms with E-state index < -0.39 is 6.36 Å². The van der Waals surface area contributed by atoms with Crippen molar-refractivity contribution in [3.05, 3.63) is 27.3 Å². The molecule has 17 heavy (non-hydrogen) atoms. The van der Waals surface area contributed by atoms with Crippen molar-refractivity contribution in [3.63, 3.8) is 0 Å². The van der Waals surface area contributed by atoms with Gasteiger partial charge in [-0.3, -0.25) is 4.79 Å². The summed E-state index contributed by atoms with van der Waals surface area (Å²) >= 11 is 4.84. The second kappa shape index (κ2) is 6.03. The minimum Gasteiger partial charge on any atom is -0.405 e. The Bertz CT molecular complexity index is 421. The van der Waals surface area contributed by atoms with Gasteiger partial charge >= 0.3 is 6.36 Å². The van der Waals surface area contributed by atoms with Gasteiger partial charge < -0.3 is 4.74 Å². The molecule has 0 radical (unpaired) electrons. The Balaban J connectivity index is 3.04. The van der Waals surface area contributed by atoms with Gasteiger partial charge in [0.2, 0.25) is 0 Å². The quantitative estimate of drug-likeness (QED) is 0.546. The third-order valence-electron chi connectivity index (χ3n) is 1.82. The molecule has 0 bridgehead atoms. The van der Waals surface area contributed by atoms with Crippen LogP contribution in [0.25, 0.3) is 0 Å². The molecule has 0 heterocycles. The number of ether oxygens (including phenoxy) is 1. The maximum absolute atomic E-state index is 12.2. The zero-order valence-electron chi connectivity index (χ0n) is 8.35. The first-order valence-corrected chi connectivity index (χ1v) is 6.64. The minimum absolute atomic E-state index is 0.0875. The van der Waals surface area contributed by atoms with Gasteiger partial charge in [-0.25, -0.2) is 0 Å². The summed E-state index contributed by atoms with van der Waals surface area (Å²) in [6.07, 6.45) is -4.84. The van der Waals surface area contributed by atoms with Crippen LogP contribution in [0.1, 0.15) is 5.56 Å². The lowest BCUT2D eigenvalue weighted by atomic mass is 10.1. The summed E-state index contributed by atoms with van der Waals surface area (Å²) in [5.41, 5.74) is 0.259. The van der Waals surface area contributed by atoms with Crippen LogP contribution in [-0.4, -0.2) is 17.5 Å². The van der Waals surface area contributed by atoms with Crippen LogP contribution >= 0.6 is 38.5 Å². The van der Waals surface area contributed by atoms with Crippen molar-refractivity contribution < 1.29 is 22.7 Å². The van der Waals surface area contributed by atoms with Gasteiger partial charge in [0.1, 0.15) is 11.5 Å². The van der Waals surface area contributed by atoms with Crippen LogP contribution in [0, 0.1) is 3.57 Å². The normalized spacial score (nSPS) is 11.4. The number of benzene rings is 1. The van der Waals surface area contributed by atoms with E-state index in [1.54, 1.807) is 6.07 Å². The molecule has 1 aromatic rings. The van der Waals surface area contributed by atoms with E-state index in [1.807, 2.05) is 22.6 Å².